The number of nitro groups is 1. The summed E-state index contributed by atoms with van der Waals surface area (Å²) >= 11 is 5.74. The molecule has 2 aromatic carbocycles. The van der Waals surface area contributed by atoms with Gasteiger partial charge in [0.1, 0.15) is 5.75 Å². The largest absolute Gasteiger partial charge is 0.495 e. The van der Waals surface area contributed by atoms with Gasteiger partial charge in [0.25, 0.3) is 5.69 Å². The van der Waals surface area contributed by atoms with Crippen molar-refractivity contribution in [3.05, 3.63) is 113 Å². The minimum atomic E-state index is -0.414. The molecular formula is C28H26N6O4S. The molecule has 10 nitrogen and oxygen atoms in total. The van der Waals surface area contributed by atoms with Gasteiger partial charge in [0.05, 0.1) is 41.2 Å². The fraction of sp³-hybridized carbons (Fsp3) is 0.179. The number of anilines is 1. The fourth-order valence-electron chi connectivity index (χ4n) is 4.78. The van der Waals surface area contributed by atoms with E-state index in [1.807, 2.05) is 64.2 Å². The summed E-state index contributed by atoms with van der Waals surface area (Å²) in [4.78, 5) is 30.5. The second kappa shape index (κ2) is 11.3. The number of nitrogens with one attached hydrogen (secondary N) is 2. The highest BCUT2D eigenvalue weighted by Crippen LogP contribution is 2.40. The number of rotatable bonds is 9. The minimum Gasteiger partial charge on any atom is -0.495 e. The van der Waals surface area contributed by atoms with Gasteiger partial charge in [-0.15, -0.1) is 0 Å². The number of aromatic nitrogens is 2. The first-order valence-corrected chi connectivity index (χ1v) is 12.7. The van der Waals surface area contributed by atoms with Crippen molar-refractivity contribution in [3.63, 3.8) is 0 Å². The quantitative estimate of drug-likeness (QED) is 0.176. The van der Waals surface area contributed by atoms with Crippen LogP contribution in [0, 0.1) is 10.1 Å². The maximum Gasteiger partial charge on any atom is 0.271 e. The van der Waals surface area contributed by atoms with Crippen LogP contribution in [0.2, 0.25) is 0 Å². The lowest BCUT2D eigenvalue weighted by atomic mass is 10.0. The summed E-state index contributed by atoms with van der Waals surface area (Å²) in [6.07, 6.45) is 3.75. The van der Waals surface area contributed by atoms with E-state index in [1.165, 1.54) is 12.1 Å². The van der Waals surface area contributed by atoms with Crippen molar-refractivity contribution in [2.24, 2.45) is 0 Å². The third-order valence-electron chi connectivity index (χ3n) is 6.56. The number of nitro benzene ring substituents is 1. The molecule has 5 rings (SSSR count). The molecule has 3 heterocycles. The van der Waals surface area contributed by atoms with Crippen molar-refractivity contribution in [2.45, 2.75) is 18.5 Å². The highest BCUT2D eigenvalue weighted by atomic mass is 32.1. The van der Waals surface area contributed by atoms with Crippen LogP contribution in [0.3, 0.4) is 0 Å². The molecule has 0 spiro atoms. The maximum absolute atomic E-state index is 12.9. The summed E-state index contributed by atoms with van der Waals surface area (Å²) in [6.45, 7) is 0.334. The summed E-state index contributed by atoms with van der Waals surface area (Å²) in [5.41, 5.74) is 2.88. The Hall–Kier alpha value is -4.77. The highest BCUT2D eigenvalue weighted by molar-refractivity contribution is 7.80. The molecule has 198 valence electrons. The maximum atomic E-state index is 12.9. The molecule has 0 aliphatic carbocycles. The van der Waals surface area contributed by atoms with Gasteiger partial charge in [-0.1, -0.05) is 24.3 Å². The van der Waals surface area contributed by atoms with Crippen LogP contribution >= 0.6 is 12.2 Å². The van der Waals surface area contributed by atoms with Gasteiger partial charge < -0.3 is 24.8 Å². The van der Waals surface area contributed by atoms with Crippen LogP contribution in [0.1, 0.15) is 29.9 Å². The summed E-state index contributed by atoms with van der Waals surface area (Å²) < 4.78 is 7.25. The second-order valence-corrected chi connectivity index (χ2v) is 9.29. The fourth-order valence-corrected chi connectivity index (χ4v) is 5.11. The van der Waals surface area contributed by atoms with Crippen LogP contribution in [0.15, 0.2) is 91.3 Å². The summed E-state index contributed by atoms with van der Waals surface area (Å²) in [7, 11) is 1.55. The Morgan fingerprint density at radius 2 is 1.95 bits per heavy atom. The molecule has 1 aliphatic heterocycles. The van der Waals surface area contributed by atoms with E-state index in [-0.39, 0.29) is 30.1 Å². The van der Waals surface area contributed by atoms with E-state index in [2.05, 4.69) is 15.6 Å². The molecule has 2 atom stereocenters. The number of carbonyl (C=O) groups is 1. The van der Waals surface area contributed by atoms with E-state index in [9.17, 15) is 14.9 Å². The molecule has 0 radical (unpaired) electrons. The van der Waals surface area contributed by atoms with Crippen molar-refractivity contribution in [3.8, 4) is 11.4 Å². The second-order valence-electron chi connectivity index (χ2n) is 8.90. The molecule has 39 heavy (non-hydrogen) atoms. The van der Waals surface area contributed by atoms with Crippen molar-refractivity contribution in [1.82, 2.24) is 19.8 Å². The number of ether oxygens (including phenoxy) is 1. The first-order valence-electron chi connectivity index (χ1n) is 12.3. The molecule has 11 heteroatoms. The van der Waals surface area contributed by atoms with Crippen LogP contribution in [0.5, 0.6) is 5.75 Å². The zero-order valence-electron chi connectivity index (χ0n) is 21.1. The van der Waals surface area contributed by atoms with Gasteiger partial charge in [-0.2, -0.15) is 0 Å². The van der Waals surface area contributed by atoms with Gasteiger partial charge in [-0.3, -0.25) is 19.9 Å². The molecule has 4 aromatic rings. The van der Waals surface area contributed by atoms with E-state index in [1.54, 1.807) is 31.5 Å². The van der Waals surface area contributed by atoms with Gasteiger partial charge in [-0.25, -0.2) is 0 Å². The van der Waals surface area contributed by atoms with Crippen molar-refractivity contribution >= 4 is 34.6 Å². The van der Waals surface area contributed by atoms with Crippen molar-refractivity contribution < 1.29 is 14.5 Å². The van der Waals surface area contributed by atoms with E-state index < -0.39 is 4.92 Å². The number of carbonyl (C=O) groups excluding carboxylic acids is 1. The molecule has 1 saturated heterocycles. The Labute approximate surface area is 230 Å². The van der Waals surface area contributed by atoms with Crippen molar-refractivity contribution in [2.75, 3.05) is 19.0 Å². The number of amides is 1. The molecule has 1 fully saturated rings. The SMILES string of the molecule is COc1ccccc1NC(=O)CCN1C(=S)N[C@@H](c2ccccn2)[C@H]1c1cccn1-c1cccc([N+](=O)[O-])c1. The smallest absolute Gasteiger partial charge is 0.271 e. The number of pyridine rings is 1. The molecule has 1 amide bonds. The highest BCUT2D eigenvalue weighted by Gasteiger charge is 2.41. The van der Waals surface area contributed by atoms with Gasteiger partial charge in [-0.05, 0) is 54.7 Å². The Morgan fingerprint density at radius 1 is 1.13 bits per heavy atom. The number of benzene rings is 2. The van der Waals surface area contributed by atoms with Gasteiger partial charge in [0, 0.05) is 43.2 Å². The van der Waals surface area contributed by atoms with Crippen molar-refractivity contribution in [1.29, 1.82) is 0 Å². The Morgan fingerprint density at radius 3 is 2.72 bits per heavy atom. The molecule has 2 aromatic heterocycles. The average molecular weight is 543 g/mol. The van der Waals surface area contributed by atoms with E-state index in [0.29, 0.717) is 28.8 Å². The summed E-state index contributed by atoms with van der Waals surface area (Å²) in [5, 5.41) is 18.2. The molecule has 1 aliphatic rings. The lowest BCUT2D eigenvalue weighted by Gasteiger charge is -2.28. The first-order chi connectivity index (χ1) is 19.0. The zero-order chi connectivity index (χ0) is 27.4. The molecule has 0 unspecified atom stereocenters. The average Bonchev–Trinajstić information content (AvgIpc) is 3.57. The monoisotopic (exact) mass is 542 g/mol. The van der Waals surface area contributed by atoms with Gasteiger partial charge >= 0.3 is 0 Å². The number of para-hydroxylation sites is 2. The minimum absolute atomic E-state index is 0.00152. The van der Waals surface area contributed by atoms with E-state index in [4.69, 9.17) is 17.0 Å². The van der Waals surface area contributed by atoms with Crippen LogP contribution in [0.4, 0.5) is 11.4 Å². The zero-order valence-corrected chi connectivity index (χ0v) is 21.9. The molecule has 0 bridgehead atoms. The number of nitrogens with zero attached hydrogens (tertiary/aromatic N) is 4. The van der Waals surface area contributed by atoms with Crippen LogP contribution < -0.4 is 15.4 Å². The Balaban J connectivity index is 1.46. The normalized spacial score (nSPS) is 16.5. The van der Waals surface area contributed by atoms with Crippen LogP contribution in [-0.2, 0) is 4.79 Å². The van der Waals surface area contributed by atoms with E-state index >= 15 is 0 Å². The topological polar surface area (TPSA) is 115 Å². The van der Waals surface area contributed by atoms with Crippen LogP contribution in [0.25, 0.3) is 5.69 Å². The Kier molecular flexibility index (Phi) is 7.50. The number of non-ortho nitro benzene ring substituents is 1. The van der Waals surface area contributed by atoms with Gasteiger partial charge in [0.2, 0.25) is 5.91 Å². The predicted molar refractivity (Wildman–Crippen MR) is 151 cm³/mol. The standard InChI is InChI=1S/C28H26N6O4S/c1-38-24-13-3-2-10-21(24)30-25(35)14-17-33-27(26(31-28(33)39)22-11-4-5-15-29-22)23-12-7-16-32(23)19-8-6-9-20(18-19)34(36)37/h2-13,15-16,18,26-27H,14,17H2,1H3,(H,30,35)(H,31,39)/t26-,27+/m0/s1. The molecule has 0 saturated carbocycles. The van der Waals surface area contributed by atoms with Crippen LogP contribution in [-0.4, -0.2) is 44.0 Å². The third kappa shape index (κ3) is 5.43. The Bertz CT molecular complexity index is 1510. The summed E-state index contributed by atoms with van der Waals surface area (Å²) in [6, 6.07) is 22.6. The lowest BCUT2D eigenvalue weighted by Crippen LogP contribution is -2.33. The predicted octanol–water partition coefficient (Wildman–Crippen LogP) is 4.79. The first kappa shape index (κ1) is 25.9. The van der Waals surface area contributed by atoms with E-state index in [0.717, 1.165) is 11.4 Å². The van der Waals surface area contributed by atoms with Gasteiger partial charge in [0.15, 0.2) is 5.11 Å². The number of methoxy groups -OCH3 is 1. The lowest BCUT2D eigenvalue weighted by molar-refractivity contribution is -0.384. The molecule has 2 N–H and O–H groups in total. The molecular weight excluding hydrogens is 516 g/mol. The number of hydrogen-bond acceptors (Lipinski definition) is 6. The third-order valence-corrected chi connectivity index (χ3v) is 6.91. The summed E-state index contributed by atoms with van der Waals surface area (Å²) in [5.74, 6) is 0.392. The number of thiocarbonyl (C=S) groups is 1. The number of hydrogen-bond donors (Lipinski definition) is 2.